The van der Waals surface area contributed by atoms with Crippen molar-refractivity contribution in [3.05, 3.63) is 0 Å². The van der Waals surface area contributed by atoms with Gasteiger partial charge in [-0.2, -0.15) is 0 Å². The molecule has 136 valence electrons. The van der Waals surface area contributed by atoms with Gasteiger partial charge in [0.1, 0.15) is 17.7 Å². The SMILES string of the molecule is CC(N)C(=O)NC(C)C(=O)NC(C)C(=O)NC(C)C(=O)[C@@]1(C)CO1. The van der Waals surface area contributed by atoms with Crippen molar-refractivity contribution in [2.45, 2.75) is 64.4 Å². The van der Waals surface area contributed by atoms with Gasteiger partial charge in [-0.05, 0) is 34.6 Å². The lowest BCUT2D eigenvalue weighted by atomic mass is 10.0. The highest BCUT2D eigenvalue weighted by Crippen LogP contribution is 2.28. The van der Waals surface area contributed by atoms with Crippen molar-refractivity contribution in [2.24, 2.45) is 5.73 Å². The Balaban J connectivity index is 2.46. The van der Waals surface area contributed by atoms with E-state index in [9.17, 15) is 19.2 Å². The first-order valence-corrected chi connectivity index (χ1v) is 7.83. The molecular weight excluding hydrogens is 316 g/mol. The minimum atomic E-state index is -0.865. The maximum Gasteiger partial charge on any atom is 0.242 e. The molecule has 0 saturated carbocycles. The first-order chi connectivity index (χ1) is 11.0. The van der Waals surface area contributed by atoms with Gasteiger partial charge in [0.2, 0.25) is 17.7 Å². The first kappa shape index (κ1) is 20.0. The molecule has 4 unspecified atom stereocenters. The van der Waals surface area contributed by atoms with Crippen molar-refractivity contribution in [1.29, 1.82) is 0 Å². The van der Waals surface area contributed by atoms with Crippen molar-refractivity contribution in [3.63, 3.8) is 0 Å². The monoisotopic (exact) mass is 342 g/mol. The van der Waals surface area contributed by atoms with Crippen molar-refractivity contribution < 1.29 is 23.9 Å². The lowest BCUT2D eigenvalue weighted by molar-refractivity contribution is -0.133. The number of ketones is 1. The molecule has 0 radical (unpaired) electrons. The third-order valence-corrected chi connectivity index (χ3v) is 3.77. The third kappa shape index (κ3) is 5.27. The van der Waals surface area contributed by atoms with Crippen molar-refractivity contribution >= 4 is 23.5 Å². The molecule has 1 fully saturated rings. The zero-order chi connectivity index (χ0) is 18.7. The molecule has 1 aliphatic rings. The van der Waals surface area contributed by atoms with Gasteiger partial charge >= 0.3 is 0 Å². The number of nitrogens with two attached hydrogens (primary N) is 1. The van der Waals surface area contributed by atoms with Gasteiger partial charge in [-0.25, -0.2) is 0 Å². The second kappa shape index (κ2) is 7.71. The zero-order valence-electron chi connectivity index (χ0n) is 14.6. The Morgan fingerprint density at radius 3 is 1.62 bits per heavy atom. The maximum absolute atomic E-state index is 12.1. The summed E-state index contributed by atoms with van der Waals surface area (Å²) in [5, 5.41) is 7.44. The van der Waals surface area contributed by atoms with Crippen LogP contribution in [0.4, 0.5) is 0 Å². The predicted octanol–water partition coefficient (Wildman–Crippen LogP) is -1.79. The van der Waals surface area contributed by atoms with Crippen LogP contribution in [0.2, 0.25) is 0 Å². The molecule has 1 heterocycles. The van der Waals surface area contributed by atoms with Gasteiger partial charge in [0.25, 0.3) is 0 Å². The Morgan fingerprint density at radius 2 is 1.25 bits per heavy atom. The van der Waals surface area contributed by atoms with Crippen LogP contribution < -0.4 is 21.7 Å². The van der Waals surface area contributed by atoms with Gasteiger partial charge in [-0.3, -0.25) is 19.2 Å². The van der Waals surface area contributed by atoms with E-state index in [1.807, 2.05) is 0 Å². The Kier molecular flexibility index (Phi) is 6.44. The first-order valence-electron chi connectivity index (χ1n) is 7.83. The molecular formula is C15H26N4O5. The Morgan fingerprint density at radius 1 is 0.875 bits per heavy atom. The molecule has 1 aliphatic heterocycles. The fourth-order valence-electron chi connectivity index (χ4n) is 1.93. The molecule has 5 N–H and O–H groups in total. The molecule has 0 bridgehead atoms. The Hall–Kier alpha value is -2.00. The lowest BCUT2D eigenvalue weighted by Gasteiger charge is -2.21. The molecule has 0 aromatic carbocycles. The number of carbonyl (C=O) groups is 4. The molecule has 24 heavy (non-hydrogen) atoms. The minimum absolute atomic E-state index is 0.216. The van der Waals surface area contributed by atoms with Gasteiger partial charge in [-0.1, -0.05) is 0 Å². The van der Waals surface area contributed by atoms with Crippen LogP contribution in [0, 0.1) is 0 Å². The Bertz CT molecular complexity index is 530. The summed E-state index contributed by atoms with van der Waals surface area (Å²) in [6, 6.07) is -3.16. The van der Waals surface area contributed by atoms with Crippen molar-refractivity contribution in [2.75, 3.05) is 6.61 Å². The fourth-order valence-corrected chi connectivity index (χ4v) is 1.93. The standard InChI is InChI=1S/C15H26N4O5/c1-7(16)12(21)18-9(3)14(23)19-10(4)13(22)17-8(2)11(20)15(5)6-24-15/h7-10H,6,16H2,1-5H3,(H,17,22)(H,18,21)(H,19,23)/t7?,8?,9?,10?,15-/m1/s1. The normalized spacial score (nSPS) is 24.1. The van der Waals surface area contributed by atoms with E-state index in [4.69, 9.17) is 10.5 Å². The van der Waals surface area contributed by atoms with E-state index in [-0.39, 0.29) is 5.78 Å². The summed E-state index contributed by atoms with van der Waals surface area (Å²) in [6.45, 7) is 8.03. The average Bonchev–Trinajstić information content (AvgIpc) is 3.24. The minimum Gasteiger partial charge on any atom is -0.361 e. The summed E-state index contributed by atoms with van der Waals surface area (Å²) in [5.41, 5.74) is 4.58. The summed E-state index contributed by atoms with van der Waals surface area (Å²) in [6.07, 6.45) is 0. The van der Waals surface area contributed by atoms with E-state index >= 15 is 0 Å². The quantitative estimate of drug-likeness (QED) is 0.384. The van der Waals surface area contributed by atoms with E-state index in [0.29, 0.717) is 6.61 Å². The van der Waals surface area contributed by atoms with Crippen LogP contribution >= 0.6 is 0 Å². The van der Waals surface area contributed by atoms with Crippen molar-refractivity contribution in [1.82, 2.24) is 16.0 Å². The molecule has 0 aliphatic carbocycles. The van der Waals surface area contributed by atoms with E-state index in [2.05, 4.69) is 16.0 Å². The molecule has 5 atom stereocenters. The van der Waals surface area contributed by atoms with Gasteiger partial charge in [0, 0.05) is 0 Å². The third-order valence-electron chi connectivity index (χ3n) is 3.77. The number of amides is 3. The molecule has 1 rings (SSSR count). The number of hydrogen-bond donors (Lipinski definition) is 4. The molecule has 9 heteroatoms. The topological polar surface area (TPSA) is 143 Å². The average molecular weight is 342 g/mol. The number of hydrogen-bond acceptors (Lipinski definition) is 6. The van der Waals surface area contributed by atoms with E-state index < -0.39 is 47.5 Å². The molecule has 9 nitrogen and oxygen atoms in total. The fraction of sp³-hybridized carbons (Fsp3) is 0.733. The summed E-state index contributed by atoms with van der Waals surface area (Å²) >= 11 is 0. The highest BCUT2D eigenvalue weighted by atomic mass is 16.6. The summed E-state index contributed by atoms with van der Waals surface area (Å²) in [5.74, 6) is -1.71. The lowest BCUT2D eigenvalue weighted by Crippen LogP contribution is -2.55. The second-order valence-electron chi connectivity index (χ2n) is 6.36. The van der Waals surface area contributed by atoms with Crippen LogP contribution in [-0.4, -0.2) is 59.9 Å². The smallest absolute Gasteiger partial charge is 0.242 e. The van der Waals surface area contributed by atoms with E-state index in [1.54, 1.807) is 13.8 Å². The van der Waals surface area contributed by atoms with Crippen LogP contribution in [0.25, 0.3) is 0 Å². The Labute approximate surface area is 141 Å². The number of epoxide rings is 1. The van der Waals surface area contributed by atoms with Crippen LogP contribution in [0.1, 0.15) is 34.6 Å². The van der Waals surface area contributed by atoms with E-state index in [1.165, 1.54) is 20.8 Å². The number of ether oxygens (including phenoxy) is 1. The molecule has 0 spiro atoms. The van der Waals surface area contributed by atoms with Crippen LogP contribution in [0.3, 0.4) is 0 Å². The van der Waals surface area contributed by atoms with Crippen molar-refractivity contribution in [3.8, 4) is 0 Å². The number of nitrogens with one attached hydrogen (secondary N) is 3. The number of Topliss-reactive ketones (excluding diaryl/α,β-unsaturated/α-hetero) is 1. The van der Waals surface area contributed by atoms with E-state index in [0.717, 1.165) is 0 Å². The molecule has 3 amide bonds. The summed E-state index contributed by atoms with van der Waals surface area (Å²) in [7, 11) is 0. The summed E-state index contributed by atoms with van der Waals surface area (Å²) in [4.78, 5) is 47.5. The van der Waals surface area contributed by atoms with Crippen LogP contribution in [-0.2, 0) is 23.9 Å². The predicted molar refractivity (Wildman–Crippen MR) is 85.8 cm³/mol. The molecule has 0 aromatic heterocycles. The van der Waals surface area contributed by atoms with Gasteiger partial charge in [0.15, 0.2) is 5.78 Å². The largest absolute Gasteiger partial charge is 0.361 e. The summed E-state index contributed by atoms with van der Waals surface area (Å²) < 4.78 is 5.05. The maximum atomic E-state index is 12.1. The van der Waals surface area contributed by atoms with Crippen LogP contribution in [0.5, 0.6) is 0 Å². The number of rotatable bonds is 8. The molecule has 0 aromatic rings. The van der Waals surface area contributed by atoms with Gasteiger partial charge in [0.05, 0.1) is 18.7 Å². The zero-order valence-corrected chi connectivity index (χ0v) is 14.6. The van der Waals surface area contributed by atoms with Gasteiger partial charge < -0.3 is 26.4 Å². The highest BCUT2D eigenvalue weighted by molar-refractivity contribution is 5.98. The highest BCUT2D eigenvalue weighted by Gasteiger charge is 2.49. The van der Waals surface area contributed by atoms with Gasteiger partial charge in [-0.15, -0.1) is 0 Å². The molecule has 1 saturated heterocycles. The number of carbonyl (C=O) groups excluding carboxylic acids is 4. The second-order valence-corrected chi connectivity index (χ2v) is 6.36. The van der Waals surface area contributed by atoms with Crippen LogP contribution in [0.15, 0.2) is 0 Å².